The van der Waals surface area contributed by atoms with Gasteiger partial charge in [-0.05, 0) is 67.5 Å². The molecule has 500 valence electrons. The van der Waals surface area contributed by atoms with Crippen LogP contribution in [0, 0.1) is 0 Å². The number of amides is 3. The molecule has 32 heteroatoms. The number of esters is 2. The van der Waals surface area contributed by atoms with Crippen LogP contribution in [-0.2, 0) is 94.2 Å². The van der Waals surface area contributed by atoms with Gasteiger partial charge in [0.15, 0.2) is 17.7 Å². The van der Waals surface area contributed by atoms with E-state index in [1.54, 1.807) is 6.07 Å². The Labute approximate surface area is 512 Å². The third kappa shape index (κ3) is 28.1. The second kappa shape index (κ2) is 41.8. The van der Waals surface area contributed by atoms with Gasteiger partial charge in [0.2, 0.25) is 24.4 Å². The monoisotopic (exact) mass is 1270 g/mol. The number of rotatable bonds is 45. The number of Topliss-reactive ketones (excluding diaryl/α,β-unsaturated/α-hetero) is 2. The predicted molar refractivity (Wildman–Crippen MR) is 301 cm³/mol. The van der Waals surface area contributed by atoms with E-state index in [9.17, 15) is 74.1 Å². The number of ether oxygens (including phenoxy) is 12. The van der Waals surface area contributed by atoms with Gasteiger partial charge >= 0.3 is 17.9 Å². The average Bonchev–Trinajstić information content (AvgIpc) is 1.57. The summed E-state index contributed by atoms with van der Waals surface area (Å²) in [6.07, 6.45) is -13.6. The van der Waals surface area contributed by atoms with Gasteiger partial charge < -0.3 is 113 Å². The highest BCUT2D eigenvalue weighted by molar-refractivity contribution is 5.99. The minimum Gasteiger partial charge on any atom is -0.479 e. The summed E-state index contributed by atoms with van der Waals surface area (Å²) in [4.78, 5) is 104. The Morgan fingerprint density at radius 3 is 1.73 bits per heavy atom. The summed E-state index contributed by atoms with van der Waals surface area (Å²) >= 11 is 0. The third-order valence-corrected chi connectivity index (χ3v) is 13.1. The van der Waals surface area contributed by atoms with E-state index in [4.69, 9.17) is 62.7 Å². The molecule has 89 heavy (non-hydrogen) atoms. The quantitative estimate of drug-likeness (QED) is 0.0140. The molecule has 0 aliphatic carbocycles. The van der Waals surface area contributed by atoms with E-state index in [1.807, 2.05) is 0 Å². The van der Waals surface area contributed by atoms with Gasteiger partial charge in [-0.25, -0.2) is 10.7 Å². The molecular formula is C57H84N4O28. The average molecular weight is 1270 g/mol. The Bertz CT molecular complexity index is 2530. The highest BCUT2D eigenvalue weighted by Gasteiger charge is 2.48. The second-order valence-electron chi connectivity index (χ2n) is 20.2. The minimum absolute atomic E-state index is 0.00337. The lowest BCUT2D eigenvalue weighted by Crippen LogP contribution is -2.61. The zero-order valence-electron chi connectivity index (χ0n) is 49.7. The number of carboxylic acid groups (broad SMARTS) is 1. The molecule has 2 aliphatic heterocycles. The topological polar surface area (TPSA) is 460 Å². The molecule has 0 radical (unpaired) electrons. The van der Waals surface area contributed by atoms with Gasteiger partial charge in [-0.2, -0.15) is 0 Å². The van der Waals surface area contributed by atoms with Crippen molar-refractivity contribution < 1.29 is 136 Å². The fourth-order valence-corrected chi connectivity index (χ4v) is 8.41. The van der Waals surface area contributed by atoms with Crippen LogP contribution in [0.4, 0.5) is 0 Å². The van der Waals surface area contributed by atoms with Gasteiger partial charge in [0.05, 0.1) is 83.2 Å². The molecule has 2 aromatic carbocycles. The first-order chi connectivity index (χ1) is 42.7. The standard InChI is InChI=1S/C57H84N4O28/c1-34(62)83-29-36-10-12-44(87-56-51(72)48(69)43(66)31-85-56)38(27-36)41(64)8-5-16-78-21-23-82-33-47(68)61-40(42(65)9-6-17-77-19-20-80-25-26-86-58)7-3-4-14-59-46(67)32-81-24-22-79-18-15-60-54(74)39-28-37(30-84-35(2)63)11-13-45(39)88-57-52(73)49(70)50(71)53(89-57)55(75)76/h10-13,27-28,40,43,48-53,56-57,66,69-73H,3-9,14-26,29-33,58H2,1-2H3,(H,59,67)(H,60,74)(H,61,68)(H,75,76)/t40-,43-,48+,49+,50+,51-,52-,53+,56+,57-/m1/s1. The number of ketones is 2. The van der Waals surface area contributed by atoms with E-state index in [2.05, 4.69) is 20.8 Å². The smallest absolute Gasteiger partial charge is 0.335 e. The van der Waals surface area contributed by atoms with Crippen molar-refractivity contribution in [1.29, 1.82) is 0 Å². The molecule has 0 bridgehead atoms. The third-order valence-electron chi connectivity index (χ3n) is 13.1. The number of unbranched alkanes of at least 4 members (excludes halogenated alkanes) is 1. The minimum atomic E-state index is -1.97. The van der Waals surface area contributed by atoms with Crippen molar-refractivity contribution >= 4 is 47.2 Å². The fraction of sp³-hybridized carbons (Fsp3) is 0.649. The van der Waals surface area contributed by atoms with Gasteiger partial charge in [0, 0.05) is 53.0 Å². The Kier molecular flexibility index (Phi) is 35.2. The number of aliphatic hydroxyl groups is 6. The molecule has 2 aromatic rings. The van der Waals surface area contributed by atoms with Crippen LogP contribution in [0.5, 0.6) is 11.5 Å². The van der Waals surface area contributed by atoms with Crippen molar-refractivity contribution in [3.8, 4) is 11.5 Å². The maximum atomic E-state index is 13.4. The number of hydrogen-bond acceptors (Lipinski definition) is 28. The molecule has 12 N–H and O–H groups in total. The highest BCUT2D eigenvalue weighted by atomic mass is 16.7. The van der Waals surface area contributed by atoms with Crippen molar-refractivity contribution in [1.82, 2.24) is 16.0 Å². The molecule has 0 unspecified atom stereocenters. The molecule has 0 saturated carbocycles. The Balaban J connectivity index is 1.14. The van der Waals surface area contributed by atoms with E-state index < -0.39 is 97.0 Å². The largest absolute Gasteiger partial charge is 0.479 e. The number of benzene rings is 2. The Hall–Kier alpha value is -6.44. The van der Waals surface area contributed by atoms with Crippen molar-refractivity contribution in [3.63, 3.8) is 0 Å². The molecule has 32 nitrogen and oxygen atoms in total. The zero-order chi connectivity index (χ0) is 65.1. The molecule has 2 aliphatic rings. The normalized spacial score (nSPS) is 21.0. The van der Waals surface area contributed by atoms with Crippen molar-refractivity contribution in [3.05, 3.63) is 58.7 Å². The van der Waals surface area contributed by atoms with Gasteiger partial charge in [-0.3, -0.25) is 33.6 Å². The Morgan fingerprint density at radius 1 is 0.573 bits per heavy atom. The summed E-state index contributed by atoms with van der Waals surface area (Å²) in [6, 6.07) is 7.65. The van der Waals surface area contributed by atoms with E-state index in [0.717, 1.165) is 0 Å². The lowest BCUT2D eigenvalue weighted by molar-refractivity contribution is -0.271. The first-order valence-corrected chi connectivity index (χ1v) is 28.8. The molecule has 4 rings (SSSR count). The summed E-state index contributed by atoms with van der Waals surface area (Å²) in [5, 5.41) is 78.5. The summed E-state index contributed by atoms with van der Waals surface area (Å²) in [5.74, 6) is -0.254. The van der Waals surface area contributed by atoms with E-state index in [0.29, 0.717) is 43.6 Å². The van der Waals surface area contributed by atoms with Gasteiger partial charge in [-0.15, -0.1) is 0 Å². The van der Waals surface area contributed by atoms with Gasteiger partial charge in [0.1, 0.15) is 74.6 Å². The van der Waals surface area contributed by atoms with E-state index >= 15 is 0 Å². The number of aliphatic hydroxyl groups excluding tert-OH is 6. The molecule has 2 heterocycles. The summed E-state index contributed by atoms with van der Waals surface area (Å²) in [7, 11) is 0. The number of nitrogens with one attached hydrogen (secondary N) is 3. The van der Waals surface area contributed by atoms with Crippen LogP contribution in [0.25, 0.3) is 0 Å². The number of carbonyl (C=O) groups excluding carboxylic acids is 7. The van der Waals surface area contributed by atoms with Crippen molar-refractivity contribution in [2.24, 2.45) is 5.90 Å². The van der Waals surface area contributed by atoms with Crippen LogP contribution >= 0.6 is 0 Å². The van der Waals surface area contributed by atoms with Crippen LogP contribution in [-0.4, -0.2) is 250 Å². The molecule has 10 atom stereocenters. The lowest BCUT2D eigenvalue weighted by Gasteiger charge is -2.38. The van der Waals surface area contributed by atoms with E-state index in [-0.39, 0.29) is 165 Å². The van der Waals surface area contributed by atoms with Crippen molar-refractivity contribution in [2.45, 2.75) is 133 Å². The SMILES string of the molecule is CC(=O)OCc1ccc(O[C@@H]2OC[C@@H](O)[C@H](O)[C@H]2O)c(C(=O)CCCOCCOCC(=O)N[C@H](CCCCNC(=O)COCCOCCNC(=O)c2cc(COC(C)=O)ccc2O[C@@H]2O[C@H](C(=O)O)[C@@H](O)[C@H](O)[C@H]2O)C(=O)CCCOCCOCCON)c1. The van der Waals surface area contributed by atoms with E-state index in [1.165, 1.54) is 44.2 Å². The molecule has 2 saturated heterocycles. The first kappa shape index (κ1) is 75.0. The maximum absolute atomic E-state index is 13.4. The number of aliphatic carboxylic acids is 1. The summed E-state index contributed by atoms with van der Waals surface area (Å²) in [5.41, 5.74) is 0.800. The van der Waals surface area contributed by atoms with Crippen LogP contribution in [0.2, 0.25) is 0 Å². The predicted octanol–water partition coefficient (Wildman–Crippen LogP) is -2.60. The molecular weight excluding hydrogens is 1190 g/mol. The van der Waals surface area contributed by atoms with Crippen LogP contribution in [0.15, 0.2) is 36.4 Å². The molecule has 0 spiro atoms. The molecule has 2 fully saturated rings. The number of carbonyl (C=O) groups is 8. The van der Waals surface area contributed by atoms with Gasteiger partial charge in [-0.1, -0.05) is 12.1 Å². The van der Waals surface area contributed by atoms with Crippen LogP contribution in [0.1, 0.15) is 90.6 Å². The first-order valence-electron chi connectivity index (χ1n) is 28.8. The maximum Gasteiger partial charge on any atom is 0.335 e. The number of hydrogen-bond donors (Lipinski definition) is 11. The van der Waals surface area contributed by atoms with Crippen molar-refractivity contribution in [2.75, 3.05) is 106 Å². The van der Waals surface area contributed by atoms with Gasteiger partial charge in [0.25, 0.3) is 5.91 Å². The second-order valence-corrected chi connectivity index (χ2v) is 20.2. The Morgan fingerprint density at radius 2 is 1.11 bits per heavy atom. The number of nitrogens with two attached hydrogens (primary N) is 1. The molecule has 0 aromatic heterocycles. The lowest BCUT2D eigenvalue weighted by atomic mass is 9.99. The summed E-state index contributed by atoms with van der Waals surface area (Å²) < 4.78 is 64.8. The summed E-state index contributed by atoms with van der Waals surface area (Å²) in [6.45, 7) is 2.89. The van der Waals surface area contributed by atoms with Crippen LogP contribution in [0.3, 0.4) is 0 Å². The van der Waals surface area contributed by atoms with Crippen LogP contribution < -0.4 is 31.3 Å². The number of carboxylic acids is 1. The highest BCUT2D eigenvalue weighted by Crippen LogP contribution is 2.30. The molecule has 3 amide bonds. The fourth-order valence-electron chi connectivity index (χ4n) is 8.41. The zero-order valence-corrected chi connectivity index (χ0v) is 49.7.